The molecule has 0 saturated carbocycles. The summed E-state index contributed by atoms with van der Waals surface area (Å²) in [4.78, 5) is 25.6. The van der Waals surface area contributed by atoms with E-state index in [1.165, 1.54) is 7.11 Å². The van der Waals surface area contributed by atoms with E-state index in [4.69, 9.17) is 9.47 Å². The number of hydrogen-bond donors (Lipinski definition) is 0. The van der Waals surface area contributed by atoms with E-state index >= 15 is 0 Å². The van der Waals surface area contributed by atoms with E-state index in [-0.39, 0.29) is 18.1 Å². The molecule has 0 aliphatic carbocycles. The van der Waals surface area contributed by atoms with Crippen molar-refractivity contribution in [2.24, 2.45) is 0 Å². The Morgan fingerprint density at radius 1 is 1.17 bits per heavy atom. The zero-order valence-corrected chi connectivity index (χ0v) is 14.4. The lowest BCUT2D eigenvalue weighted by Gasteiger charge is -2.40. The summed E-state index contributed by atoms with van der Waals surface area (Å²) in [5.41, 5.74) is 1.03. The third kappa shape index (κ3) is 2.96. The molecule has 1 aromatic heterocycles. The van der Waals surface area contributed by atoms with Crippen LogP contribution in [-0.2, 0) is 9.47 Å². The van der Waals surface area contributed by atoms with Gasteiger partial charge in [-0.1, -0.05) is 6.07 Å². The molecule has 3 rings (SSSR count). The third-order valence-electron chi connectivity index (χ3n) is 4.08. The molecule has 24 heavy (non-hydrogen) atoms. The first-order valence-electron chi connectivity index (χ1n) is 7.96. The first-order valence-corrected chi connectivity index (χ1v) is 7.96. The summed E-state index contributed by atoms with van der Waals surface area (Å²) in [6, 6.07) is 7.67. The number of likely N-dealkylation sites (tertiary alicyclic amines) is 1. The molecule has 1 fully saturated rings. The van der Waals surface area contributed by atoms with Crippen LogP contribution in [-0.4, -0.2) is 47.3 Å². The molecular formula is C18H22N2O4. The summed E-state index contributed by atoms with van der Waals surface area (Å²) in [7, 11) is 1.38. The third-order valence-corrected chi connectivity index (χ3v) is 4.08. The van der Waals surface area contributed by atoms with Crippen molar-refractivity contribution in [3.05, 3.63) is 36.0 Å². The zero-order valence-electron chi connectivity index (χ0n) is 14.4. The number of rotatable bonds is 2. The molecule has 0 spiro atoms. The molecule has 2 heterocycles. The first-order chi connectivity index (χ1) is 11.3. The molecule has 1 aromatic carbocycles. The summed E-state index contributed by atoms with van der Waals surface area (Å²) in [5, 5.41) is 0.861. The monoisotopic (exact) mass is 330 g/mol. The van der Waals surface area contributed by atoms with Crippen LogP contribution in [0.4, 0.5) is 4.79 Å². The van der Waals surface area contributed by atoms with Crippen molar-refractivity contribution in [3.63, 3.8) is 0 Å². The molecule has 128 valence electrons. The van der Waals surface area contributed by atoms with Gasteiger partial charge >= 0.3 is 12.1 Å². The Morgan fingerprint density at radius 3 is 2.50 bits per heavy atom. The van der Waals surface area contributed by atoms with E-state index in [2.05, 4.69) is 4.57 Å². The average Bonchev–Trinajstić information content (AvgIpc) is 2.87. The van der Waals surface area contributed by atoms with Crippen LogP contribution in [0.25, 0.3) is 10.9 Å². The van der Waals surface area contributed by atoms with Crippen molar-refractivity contribution in [2.45, 2.75) is 32.4 Å². The number of hydrogen-bond acceptors (Lipinski definition) is 4. The van der Waals surface area contributed by atoms with Gasteiger partial charge in [0.2, 0.25) is 0 Å². The number of nitrogens with zero attached hydrogens (tertiary/aromatic N) is 2. The Balaban J connectivity index is 1.76. The molecule has 0 bridgehead atoms. The number of methoxy groups -OCH3 is 1. The van der Waals surface area contributed by atoms with Crippen LogP contribution < -0.4 is 0 Å². The molecule has 0 radical (unpaired) electrons. The molecule has 0 unspecified atom stereocenters. The van der Waals surface area contributed by atoms with E-state index < -0.39 is 5.60 Å². The van der Waals surface area contributed by atoms with Gasteiger partial charge in [-0.2, -0.15) is 0 Å². The van der Waals surface area contributed by atoms with Crippen molar-refractivity contribution < 1.29 is 19.1 Å². The van der Waals surface area contributed by atoms with Gasteiger partial charge in [-0.25, -0.2) is 9.59 Å². The highest BCUT2D eigenvalue weighted by Crippen LogP contribution is 2.29. The summed E-state index contributed by atoms with van der Waals surface area (Å²) < 4.78 is 12.3. The smallest absolute Gasteiger partial charge is 0.410 e. The molecule has 1 amide bonds. The van der Waals surface area contributed by atoms with Crippen LogP contribution in [0.3, 0.4) is 0 Å². The molecule has 0 atom stereocenters. The quantitative estimate of drug-likeness (QED) is 0.793. The molecule has 0 N–H and O–H groups in total. The summed E-state index contributed by atoms with van der Waals surface area (Å²) in [5.74, 6) is -0.345. The highest BCUT2D eigenvalue weighted by Gasteiger charge is 2.35. The van der Waals surface area contributed by atoms with Crippen LogP contribution in [0, 0.1) is 0 Å². The van der Waals surface area contributed by atoms with Crippen molar-refractivity contribution in [1.29, 1.82) is 0 Å². The van der Waals surface area contributed by atoms with Crippen LogP contribution in [0.1, 0.15) is 37.2 Å². The van der Waals surface area contributed by atoms with Crippen molar-refractivity contribution >= 4 is 23.0 Å². The van der Waals surface area contributed by atoms with Crippen molar-refractivity contribution in [3.8, 4) is 0 Å². The van der Waals surface area contributed by atoms with Gasteiger partial charge in [-0.05, 0) is 39.0 Å². The van der Waals surface area contributed by atoms with Gasteiger partial charge in [-0.15, -0.1) is 0 Å². The number of fused-ring (bicyclic) bond motifs is 1. The number of aromatic nitrogens is 1. The number of carbonyl (C=O) groups excluding carboxylic acids is 2. The normalized spacial score (nSPS) is 15.2. The molecule has 6 nitrogen and oxygen atoms in total. The molecule has 6 heteroatoms. The number of amides is 1. The lowest BCUT2D eigenvalue weighted by molar-refractivity contribution is 0.00157. The molecule has 1 saturated heterocycles. The lowest BCUT2D eigenvalue weighted by Crippen LogP contribution is -2.52. The van der Waals surface area contributed by atoms with Crippen molar-refractivity contribution in [2.75, 3.05) is 20.2 Å². The van der Waals surface area contributed by atoms with Gasteiger partial charge in [0.25, 0.3) is 0 Å². The highest BCUT2D eigenvalue weighted by atomic mass is 16.6. The second-order valence-electron chi connectivity index (χ2n) is 6.99. The number of ether oxygens (including phenoxy) is 2. The van der Waals surface area contributed by atoms with E-state index in [9.17, 15) is 9.59 Å². The maximum absolute atomic E-state index is 12.0. The lowest BCUT2D eigenvalue weighted by atomic mass is 10.1. The SMILES string of the molecule is COC(=O)c1cccc2c1ccn2C1CN(C(=O)OC(C)(C)C)C1. The fourth-order valence-corrected chi connectivity index (χ4v) is 2.90. The van der Waals surface area contributed by atoms with Crippen LogP contribution in [0.5, 0.6) is 0 Å². The maximum atomic E-state index is 12.0. The Morgan fingerprint density at radius 2 is 1.88 bits per heavy atom. The topological polar surface area (TPSA) is 60.8 Å². The van der Waals surface area contributed by atoms with Crippen LogP contribution >= 0.6 is 0 Å². The molecular weight excluding hydrogens is 308 g/mol. The average molecular weight is 330 g/mol. The second-order valence-corrected chi connectivity index (χ2v) is 6.99. The Kier molecular flexibility index (Phi) is 3.99. The van der Waals surface area contributed by atoms with Gasteiger partial charge < -0.3 is 18.9 Å². The van der Waals surface area contributed by atoms with Crippen LogP contribution in [0.2, 0.25) is 0 Å². The summed E-state index contributed by atoms with van der Waals surface area (Å²) in [6.07, 6.45) is 1.67. The van der Waals surface area contributed by atoms with Gasteiger partial charge in [-0.3, -0.25) is 0 Å². The largest absolute Gasteiger partial charge is 0.465 e. The Hall–Kier alpha value is -2.50. The predicted molar refractivity (Wildman–Crippen MR) is 90.1 cm³/mol. The van der Waals surface area contributed by atoms with Gasteiger partial charge in [0.1, 0.15) is 5.60 Å². The molecule has 2 aromatic rings. The van der Waals surface area contributed by atoms with Gasteiger partial charge in [0.05, 0.1) is 18.7 Å². The van der Waals surface area contributed by atoms with Gasteiger partial charge in [0, 0.05) is 30.2 Å². The van der Waals surface area contributed by atoms with Crippen LogP contribution in [0.15, 0.2) is 30.5 Å². The van der Waals surface area contributed by atoms with E-state index in [1.807, 2.05) is 45.2 Å². The fraction of sp³-hybridized carbons (Fsp3) is 0.444. The molecule has 1 aliphatic heterocycles. The minimum absolute atomic E-state index is 0.183. The Bertz CT molecular complexity index is 782. The maximum Gasteiger partial charge on any atom is 0.410 e. The first kappa shape index (κ1) is 16.4. The minimum Gasteiger partial charge on any atom is -0.465 e. The molecule has 1 aliphatic rings. The van der Waals surface area contributed by atoms with E-state index in [1.54, 1.807) is 11.0 Å². The highest BCUT2D eigenvalue weighted by molar-refractivity contribution is 6.03. The van der Waals surface area contributed by atoms with Crippen molar-refractivity contribution in [1.82, 2.24) is 9.47 Å². The number of carbonyl (C=O) groups is 2. The minimum atomic E-state index is -0.488. The number of esters is 1. The zero-order chi connectivity index (χ0) is 17.5. The summed E-state index contributed by atoms with van der Waals surface area (Å²) >= 11 is 0. The predicted octanol–water partition coefficient (Wildman–Crippen LogP) is 3.22. The van der Waals surface area contributed by atoms with Gasteiger partial charge in [0.15, 0.2) is 0 Å². The standard InChI is InChI=1S/C18H22N2O4/c1-18(2,3)24-17(22)19-10-12(11-19)20-9-8-13-14(16(21)23-4)6-5-7-15(13)20/h5-9,12H,10-11H2,1-4H3. The Labute approximate surface area is 140 Å². The summed E-state index contributed by atoms with van der Waals surface area (Å²) in [6.45, 7) is 6.77. The number of benzene rings is 1. The second kappa shape index (κ2) is 5.85. The fourth-order valence-electron chi connectivity index (χ4n) is 2.90. The van der Waals surface area contributed by atoms with E-state index in [0.29, 0.717) is 18.7 Å². The van der Waals surface area contributed by atoms with E-state index in [0.717, 1.165) is 10.9 Å².